The summed E-state index contributed by atoms with van der Waals surface area (Å²) >= 11 is 3.44. The Kier molecular flexibility index (Phi) is 5.87. The number of nitrogens with zero attached hydrogens (tertiary/aromatic N) is 4. The highest BCUT2D eigenvalue weighted by Crippen LogP contribution is 2.26. The standard InChI is InChI=1S/C27H22BrFN4O/c1-3-26-31-24-13-10-19(28)14-22(24)27(34)33(26)30-15-23-17(2)32(25-7-5-4-6-21(23)25)16-18-8-11-20(29)12-9-18/h4-15H,3,16H2,1-2H3. The lowest BCUT2D eigenvalue weighted by molar-refractivity contribution is 0.626. The second-order valence-corrected chi connectivity index (χ2v) is 9.05. The fourth-order valence-corrected chi connectivity index (χ4v) is 4.62. The lowest BCUT2D eigenvalue weighted by Crippen LogP contribution is -2.22. The van der Waals surface area contributed by atoms with Crippen LogP contribution >= 0.6 is 15.9 Å². The van der Waals surface area contributed by atoms with Crippen molar-refractivity contribution in [2.75, 3.05) is 0 Å². The Labute approximate surface area is 204 Å². The molecular formula is C27H22BrFN4O. The van der Waals surface area contributed by atoms with Crippen molar-refractivity contribution in [3.8, 4) is 0 Å². The van der Waals surface area contributed by atoms with Gasteiger partial charge >= 0.3 is 0 Å². The number of hydrogen-bond donors (Lipinski definition) is 0. The molecule has 5 nitrogen and oxygen atoms in total. The molecule has 0 aliphatic heterocycles. The first-order valence-corrected chi connectivity index (χ1v) is 11.8. The van der Waals surface area contributed by atoms with Crippen LogP contribution in [0.2, 0.25) is 0 Å². The Morgan fingerprint density at radius 2 is 1.82 bits per heavy atom. The van der Waals surface area contributed by atoms with Gasteiger partial charge in [0.15, 0.2) is 0 Å². The Balaban J connectivity index is 1.64. The van der Waals surface area contributed by atoms with Crippen molar-refractivity contribution in [2.24, 2.45) is 5.10 Å². The van der Waals surface area contributed by atoms with E-state index < -0.39 is 0 Å². The average Bonchev–Trinajstić information content (AvgIpc) is 3.11. The summed E-state index contributed by atoms with van der Waals surface area (Å²) in [5.74, 6) is 0.350. The van der Waals surface area contributed by atoms with E-state index in [-0.39, 0.29) is 11.4 Å². The molecule has 170 valence electrons. The van der Waals surface area contributed by atoms with Gasteiger partial charge in [0, 0.05) is 39.6 Å². The number of aryl methyl sites for hydroxylation is 1. The van der Waals surface area contributed by atoms with Gasteiger partial charge in [0.25, 0.3) is 5.56 Å². The molecule has 0 aliphatic rings. The molecule has 0 spiro atoms. The monoisotopic (exact) mass is 516 g/mol. The Bertz CT molecular complexity index is 1620. The van der Waals surface area contributed by atoms with Crippen LogP contribution in [0, 0.1) is 12.7 Å². The van der Waals surface area contributed by atoms with Crippen molar-refractivity contribution in [3.63, 3.8) is 0 Å². The minimum atomic E-state index is -0.251. The normalized spacial score (nSPS) is 11.8. The lowest BCUT2D eigenvalue weighted by Gasteiger charge is -2.09. The van der Waals surface area contributed by atoms with Crippen LogP contribution in [0.5, 0.6) is 0 Å². The second-order valence-electron chi connectivity index (χ2n) is 8.13. The van der Waals surface area contributed by atoms with Crippen LogP contribution in [0.25, 0.3) is 21.8 Å². The van der Waals surface area contributed by atoms with Crippen LogP contribution in [0.15, 0.2) is 81.1 Å². The molecule has 0 saturated heterocycles. The van der Waals surface area contributed by atoms with Gasteiger partial charge in [-0.25, -0.2) is 9.37 Å². The number of fused-ring (bicyclic) bond motifs is 2. The van der Waals surface area contributed by atoms with Crippen LogP contribution in [-0.2, 0) is 13.0 Å². The zero-order valence-corrected chi connectivity index (χ0v) is 20.4. The van der Waals surface area contributed by atoms with Gasteiger partial charge in [-0.15, -0.1) is 0 Å². The molecular weight excluding hydrogens is 495 g/mol. The lowest BCUT2D eigenvalue weighted by atomic mass is 10.1. The van der Waals surface area contributed by atoms with Gasteiger partial charge in [-0.1, -0.05) is 53.2 Å². The SMILES string of the molecule is CCc1nc2ccc(Br)cc2c(=O)n1N=Cc1c(C)n(Cc2ccc(F)cc2)c2ccccc12. The first-order valence-electron chi connectivity index (χ1n) is 11.0. The third kappa shape index (κ3) is 3.96. The summed E-state index contributed by atoms with van der Waals surface area (Å²) in [5.41, 5.74) is 4.45. The maximum absolute atomic E-state index is 13.4. The number of benzene rings is 3. The summed E-state index contributed by atoms with van der Waals surface area (Å²) in [7, 11) is 0. The number of hydrogen-bond acceptors (Lipinski definition) is 3. The van der Waals surface area contributed by atoms with Crippen molar-refractivity contribution in [2.45, 2.75) is 26.8 Å². The molecule has 2 heterocycles. The minimum absolute atomic E-state index is 0.202. The van der Waals surface area contributed by atoms with Crippen molar-refractivity contribution < 1.29 is 4.39 Å². The first-order chi connectivity index (χ1) is 16.5. The van der Waals surface area contributed by atoms with Crippen molar-refractivity contribution >= 4 is 44.0 Å². The predicted octanol–water partition coefficient (Wildman–Crippen LogP) is 6.05. The quantitative estimate of drug-likeness (QED) is 0.267. The molecule has 0 amide bonds. The average molecular weight is 517 g/mol. The zero-order chi connectivity index (χ0) is 23.8. The topological polar surface area (TPSA) is 52.2 Å². The Morgan fingerprint density at radius 3 is 2.59 bits per heavy atom. The van der Waals surface area contributed by atoms with Gasteiger partial charge in [-0.05, 0) is 48.9 Å². The van der Waals surface area contributed by atoms with Crippen LogP contribution in [-0.4, -0.2) is 20.4 Å². The van der Waals surface area contributed by atoms with Gasteiger partial charge in [0.05, 0.1) is 17.1 Å². The molecule has 34 heavy (non-hydrogen) atoms. The van der Waals surface area contributed by atoms with Crippen molar-refractivity contribution in [1.82, 2.24) is 14.2 Å². The molecule has 5 aromatic rings. The Morgan fingerprint density at radius 1 is 1.06 bits per heavy atom. The van der Waals surface area contributed by atoms with E-state index in [0.717, 1.165) is 32.2 Å². The number of rotatable bonds is 5. The summed E-state index contributed by atoms with van der Waals surface area (Å²) < 4.78 is 17.8. The fourth-order valence-electron chi connectivity index (χ4n) is 4.25. The van der Waals surface area contributed by atoms with Crippen LogP contribution < -0.4 is 5.56 Å². The molecule has 0 radical (unpaired) electrons. The molecule has 7 heteroatoms. The molecule has 2 aromatic heterocycles. The molecule has 0 unspecified atom stereocenters. The van der Waals surface area contributed by atoms with E-state index in [4.69, 9.17) is 0 Å². The maximum Gasteiger partial charge on any atom is 0.282 e. The van der Waals surface area contributed by atoms with E-state index in [0.29, 0.717) is 29.7 Å². The molecule has 0 bridgehead atoms. The van der Waals surface area contributed by atoms with Gasteiger partial charge in [-0.2, -0.15) is 9.78 Å². The highest BCUT2D eigenvalue weighted by molar-refractivity contribution is 9.10. The molecule has 3 aromatic carbocycles. The smallest absolute Gasteiger partial charge is 0.282 e. The number of halogens is 2. The van der Waals surface area contributed by atoms with E-state index in [1.165, 1.54) is 16.8 Å². The minimum Gasteiger partial charge on any atom is -0.340 e. The van der Waals surface area contributed by atoms with Crippen LogP contribution in [0.3, 0.4) is 0 Å². The zero-order valence-electron chi connectivity index (χ0n) is 18.8. The summed E-state index contributed by atoms with van der Waals surface area (Å²) in [6.07, 6.45) is 2.31. The van der Waals surface area contributed by atoms with E-state index >= 15 is 0 Å². The second kappa shape index (κ2) is 8.99. The summed E-state index contributed by atoms with van der Waals surface area (Å²) in [6, 6.07) is 20.1. The summed E-state index contributed by atoms with van der Waals surface area (Å²) in [4.78, 5) is 17.9. The van der Waals surface area contributed by atoms with Crippen molar-refractivity contribution in [3.05, 3.63) is 110 Å². The summed E-state index contributed by atoms with van der Waals surface area (Å²) in [6.45, 7) is 4.59. The maximum atomic E-state index is 13.4. The highest BCUT2D eigenvalue weighted by Gasteiger charge is 2.14. The molecule has 0 fully saturated rings. The van der Waals surface area contributed by atoms with E-state index in [9.17, 15) is 9.18 Å². The summed E-state index contributed by atoms with van der Waals surface area (Å²) in [5, 5.41) is 6.16. The first kappa shape index (κ1) is 22.2. The van der Waals surface area contributed by atoms with Crippen molar-refractivity contribution in [1.29, 1.82) is 0 Å². The molecule has 5 rings (SSSR count). The Hall–Kier alpha value is -3.58. The van der Waals surface area contributed by atoms with Gasteiger partial charge < -0.3 is 4.57 Å². The van der Waals surface area contributed by atoms with Gasteiger partial charge in [0.2, 0.25) is 0 Å². The van der Waals surface area contributed by atoms with E-state index in [1.807, 2.05) is 44.2 Å². The number of aromatic nitrogens is 3. The molecule has 0 saturated carbocycles. The predicted molar refractivity (Wildman–Crippen MR) is 138 cm³/mol. The highest BCUT2D eigenvalue weighted by atomic mass is 79.9. The third-order valence-electron chi connectivity index (χ3n) is 6.03. The van der Waals surface area contributed by atoms with Crippen LogP contribution in [0.1, 0.15) is 29.6 Å². The van der Waals surface area contributed by atoms with E-state index in [1.54, 1.807) is 24.4 Å². The largest absolute Gasteiger partial charge is 0.340 e. The number of para-hydroxylation sites is 1. The third-order valence-corrected chi connectivity index (χ3v) is 6.52. The fraction of sp³-hybridized carbons (Fsp3) is 0.148. The van der Waals surface area contributed by atoms with Gasteiger partial charge in [-0.3, -0.25) is 4.79 Å². The molecule has 0 N–H and O–H groups in total. The van der Waals surface area contributed by atoms with Gasteiger partial charge in [0.1, 0.15) is 11.6 Å². The van der Waals surface area contributed by atoms with E-state index in [2.05, 4.69) is 36.6 Å². The molecule has 0 aliphatic carbocycles. The van der Waals surface area contributed by atoms with Crippen LogP contribution in [0.4, 0.5) is 4.39 Å². The molecule has 0 atom stereocenters.